The first-order valence-electron chi connectivity index (χ1n) is 7.07. The molecule has 0 saturated carbocycles. The Labute approximate surface area is 120 Å². The van der Waals surface area contributed by atoms with E-state index < -0.39 is 0 Å². The van der Waals surface area contributed by atoms with E-state index in [-0.39, 0.29) is 0 Å². The summed E-state index contributed by atoms with van der Waals surface area (Å²) in [6, 6.07) is 9.50. The quantitative estimate of drug-likeness (QED) is 0.863. The molecule has 3 heteroatoms. The summed E-state index contributed by atoms with van der Waals surface area (Å²) in [5.41, 5.74) is 7.44. The zero-order valence-electron chi connectivity index (χ0n) is 12.1. The van der Waals surface area contributed by atoms with Gasteiger partial charge in [-0.1, -0.05) is 31.5 Å². The van der Waals surface area contributed by atoms with Gasteiger partial charge in [0.25, 0.3) is 0 Å². The fourth-order valence-electron chi connectivity index (χ4n) is 2.70. The van der Waals surface area contributed by atoms with Crippen LogP contribution in [0.25, 0.3) is 10.1 Å². The van der Waals surface area contributed by atoms with Crippen molar-refractivity contribution in [1.29, 1.82) is 0 Å². The second-order valence-electron chi connectivity index (χ2n) is 5.24. The standard InChI is InChI=1S/C16H24N2S/c1-4-7-12(2)18(3)15(10-17)14-11-19-16-9-6-5-8-13(14)16/h5-6,8-9,11-12,15H,4,7,10,17H2,1-3H3. The number of nitrogens with two attached hydrogens (primary N) is 1. The van der Waals surface area contributed by atoms with Gasteiger partial charge in [0.2, 0.25) is 0 Å². The molecule has 0 fully saturated rings. The summed E-state index contributed by atoms with van der Waals surface area (Å²) in [7, 11) is 2.20. The summed E-state index contributed by atoms with van der Waals surface area (Å²) in [5.74, 6) is 0. The van der Waals surface area contributed by atoms with Crippen molar-refractivity contribution >= 4 is 21.4 Å². The van der Waals surface area contributed by atoms with E-state index in [1.54, 1.807) is 0 Å². The van der Waals surface area contributed by atoms with Crippen LogP contribution in [0.5, 0.6) is 0 Å². The summed E-state index contributed by atoms with van der Waals surface area (Å²) in [4.78, 5) is 2.43. The minimum Gasteiger partial charge on any atom is -0.329 e. The molecule has 0 amide bonds. The minimum absolute atomic E-state index is 0.317. The normalized spacial score (nSPS) is 15.0. The molecular formula is C16H24N2S. The minimum atomic E-state index is 0.317. The van der Waals surface area contributed by atoms with Crippen LogP contribution in [-0.2, 0) is 0 Å². The fourth-order valence-corrected chi connectivity index (χ4v) is 3.71. The van der Waals surface area contributed by atoms with Crippen molar-refractivity contribution < 1.29 is 0 Å². The van der Waals surface area contributed by atoms with Gasteiger partial charge in [0.15, 0.2) is 0 Å². The molecular weight excluding hydrogens is 252 g/mol. The van der Waals surface area contributed by atoms with Gasteiger partial charge < -0.3 is 5.73 Å². The highest BCUT2D eigenvalue weighted by atomic mass is 32.1. The van der Waals surface area contributed by atoms with E-state index in [1.807, 2.05) is 11.3 Å². The third kappa shape index (κ3) is 2.99. The Bertz CT molecular complexity index is 520. The van der Waals surface area contributed by atoms with Crippen molar-refractivity contribution in [2.75, 3.05) is 13.6 Å². The van der Waals surface area contributed by atoms with Crippen LogP contribution in [0.3, 0.4) is 0 Å². The first kappa shape index (κ1) is 14.5. The molecule has 0 radical (unpaired) electrons. The van der Waals surface area contributed by atoms with Crippen molar-refractivity contribution in [3.8, 4) is 0 Å². The lowest BCUT2D eigenvalue weighted by Crippen LogP contribution is -2.36. The van der Waals surface area contributed by atoms with Gasteiger partial charge in [-0.15, -0.1) is 11.3 Å². The van der Waals surface area contributed by atoms with E-state index in [0.717, 1.165) is 0 Å². The molecule has 0 spiro atoms. The van der Waals surface area contributed by atoms with Gasteiger partial charge in [0, 0.05) is 23.3 Å². The molecule has 0 aliphatic heterocycles. The molecule has 19 heavy (non-hydrogen) atoms. The van der Waals surface area contributed by atoms with E-state index >= 15 is 0 Å². The Balaban J connectivity index is 2.31. The average molecular weight is 276 g/mol. The molecule has 2 rings (SSSR count). The molecule has 2 nitrogen and oxygen atoms in total. The fraction of sp³-hybridized carbons (Fsp3) is 0.500. The van der Waals surface area contributed by atoms with Crippen LogP contribution in [0.2, 0.25) is 0 Å². The average Bonchev–Trinajstić information content (AvgIpc) is 2.84. The number of fused-ring (bicyclic) bond motifs is 1. The number of hydrogen-bond acceptors (Lipinski definition) is 3. The van der Waals surface area contributed by atoms with Crippen LogP contribution >= 0.6 is 11.3 Å². The predicted molar refractivity (Wildman–Crippen MR) is 85.8 cm³/mol. The number of hydrogen-bond donors (Lipinski definition) is 1. The largest absolute Gasteiger partial charge is 0.329 e. The zero-order valence-corrected chi connectivity index (χ0v) is 12.9. The van der Waals surface area contributed by atoms with Gasteiger partial charge in [-0.2, -0.15) is 0 Å². The van der Waals surface area contributed by atoms with Crippen molar-refractivity contribution in [3.63, 3.8) is 0 Å². The van der Waals surface area contributed by atoms with Gasteiger partial charge in [0.05, 0.1) is 0 Å². The zero-order chi connectivity index (χ0) is 13.8. The van der Waals surface area contributed by atoms with Gasteiger partial charge in [-0.3, -0.25) is 4.90 Å². The van der Waals surface area contributed by atoms with E-state index in [0.29, 0.717) is 18.6 Å². The number of rotatable bonds is 6. The summed E-state index contributed by atoms with van der Waals surface area (Å²) in [5, 5.41) is 3.63. The maximum atomic E-state index is 6.05. The van der Waals surface area contributed by atoms with Gasteiger partial charge in [0.1, 0.15) is 0 Å². The molecule has 2 atom stereocenters. The second kappa shape index (κ2) is 6.51. The van der Waals surface area contributed by atoms with Crippen molar-refractivity contribution in [1.82, 2.24) is 4.90 Å². The molecule has 0 aliphatic carbocycles. The number of nitrogens with zero attached hydrogens (tertiary/aromatic N) is 1. The van der Waals surface area contributed by atoms with Crippen LogP contribution in [-0.4, -0.2) is 24.5 Å². The maximum Gasteiger partial charge on any atom is 0.0484 e. The monoisotopic (exact) mass is 276 g/mol. The highest BCUT2D eigenvalue weighted by Gasteiger charge is 2.22. The van der Waals surface area contributed by atoms with Crippen molar-refractivity contribution in [2.45, 2.75) is 38.8 Å². The Morgan fingerprint density at radius 2 is 2.05 bits per heavy atom. The van der Waals surface area contributed by atoms with Gasteiger partial charge in [-0.05, 0) is 42.8 Å². The topological polar surface area (TPSA) is 29.3 Å². The smallest absolute Gasteiger partial charge is 0.0484 e. The third-order valence-electron chi connectivity index (χ3n) is 3.99. The third-order valence-corrected chi connectivity index (χ3v) is 4.97. The van der Waals surface area contributed by atoms with E-state index in [2.05, 4.69) is 55.4 Å². The molecule has 1 heterocycles. The lowest BCUT2D eigenvalue weighted by molar-refractivity contribution is 0.181. The Morgan fingerprint density at radius 1 is 1.32 bits per heavy atom. The lowest BCUT2D eigenvalue weighted by atomic mass is 10.0. The van der Waals surface area contributed by atoms with Crippen LogP contribution < -0.4 is 5.73 Å². The lowest BCUT2D eigenvalue weighted by Gasteiger charge is -2.32. The molecule has 0 saturated heterocycles. The number of likely N-dealkylation sites (N-methyl/N-ethyl adjacent to an activating group) is 1. The highest BCUT2D eigenvalue weighted by molar-refractivity contribution is 7.17. The van der Waals surface area contributed by atoms with Crippen molar-refractivity contribution in [2.24, 2.45) is 5.73 Å². The highest BCUT2D eigenvalue weighted by Crippen LogP contribution is 2.33. The van der Waals surface area contributed by atoms with Gasteiger partial charge in [-0.25, -0.2) is 0 Å². The van der Waals surface area contributed by atoms with E-state index in [1.165, 1.54) is 28.5 Å². The van der Waals surface area contributed by atoms with Crippen molar-refractivity contribution in [3.05, 3.63) is 35.2 Å². The summed E-state index contributed by atoms with van der Waals surface area (Å²) < 4.78 is 1.35. The predicted octanol–water partition coefficient (Wildman–Crippen LogP) is 4.02. The number of benzene rings is 1. The molecule has 1 aromatic heterocycles. The first-order chi connectivity index (χ1) is 9.19. The van der Waals surface area contributed by atoms with Crippen LogP contribution in [0.4, 0.5) is 0 Å². The maximum absolute atomic E-state index is 6.05. The molecule has 0 aliphatic rings. The SMILES string of the molecule is CCCC(C)N(C)C(CN)c1csc2ccccc12. The molecule has 104 valence electrons. The first-order valence-corrected chi connectivity index (χ1v) is 7.95. The molecule has 0 bridgehead atoms. The number of thiophene rings is 1. The molecule has 2 aromatic rings. The summed E-state index contributed by atoms with van der Waals surface area (Å²) in [6.45, 7) is 5.20. The van der Waals surface area contributed by atoms with E-state index in [9.17, 15) is 0 Å². The van der Waals surface area contributed by atoms with Crippen LogP contribution in [0.15, 0.2) is 29.6 Å². The molecule has 2 N–H and O–H groups in total. The summed E-state index contributed by atoms with van der Waals surface area (Å²) in [6.07, 6.45) is 2.43. The van der Waals surface area contributed by atoms with Crippen LogP contribution in [0.1, 0.15) is 38.3 Å². The van der Waals surface area contributed by atoms with Gasteiger partial charge >= 0.3 is 0 Å². The Hall–Kier alpha value is -0.900. The summed E-state index contributed by atoms with van der Waals surface area (Å²) >= 11 is 1.82. The van der Waals surface area contributed by atoms with Crippen LogP contribution in [0, 0.1) is 0 Å². The molecule has 2 unspecified atom stereocenters. The molecule has 1 aromatic carbocycles. The second-order valence-corrected chi connectivity index (χ2v) is 6.15. The Kier molecular flexibility index (Phi) is 4.97. The van der Waals surface area contributed by atoms with E-state index in [4.69, 9.17) is 5.73 Å². The Morgan fingerprint density at radius 3 is 2.74 bits per heavy atom.